The molecule has 0 aliphatic carbocycles. The first-order chi connectivity index (χ1) is 10.9. The van der Waals surface area contributed by atoms with Gasteiger partial charge in [0, 0.05) is 22.9 Å². The fourth-order valence-electron chi connectivity index (χ4n) is 1.92. The van der Waals surface area contributed by atoms with Crippen LogP contribution in [0.1, 0.15) is 30.4 Å². The third-order valence-corrected chi connectivity index (χ3v) is 3.37. The van der Waals surface area contributed by atoms with E-state index in [1.54, 1.807) is 35.1 Å². The molecule has 118 valence electrons. The highest BCUT2D eigenvalue weighted by Crippen LogP contribution is 2.17. The number of nitrogens with zero attached hydrogens (tertiary/aromatic N) is 3. The van der Waals surface area contributed by atoms with Crippen LogP contribution in [0.4, 0.5) is 5.69 Å². The molecule has 1 atom stereocenters. The van der Waals surface area contributed by atoms with Crippen LogP contribution in [0, 0.1) is 17.2 Å². The van der Waals surface area contributed by atoms with Crippen molar-refractivity contribution in [3.05, 3.63) is 47.2 Å². The van der Waals surface area contributed by atoms with E-state index in [-0.39, 0.29) is 11.7 Å². The predicted octanol–water partition coefficient (Wildman–Crippen LogP) is 3.08. The number of Topliss-reactive ketones (excluding diaryl/α,β-unsaturated/α-hetero) is 1. The van der Waals surface area contributed by atoms with Gasteiger partial charge in [0.25, 0.3) is 0 Å². The van der Waals surface area contributed by atoms with Gasteiger partial charge in [-0.15, -0.1) is 0 Å². The molecule has 0 unspecified atom stereocenters. The molecule has 1 heterocycles. The van der Waals surface area contributed by atoms with Crippen LogP contribution in [0.25, 0.3) is 0 Å². The molecule has 23 heavy (non-hydrogen) atoms. The molecule has 0 aliphatic rings. The van der Waals surface area contributed by atoms with Gasteiger partial charge >= 0.3 is 0 Å². The van der Waals surface area contributed by atoms with Crippen molar-refractivity contribution >= 4 is 29.0 Å². The summed E-state index contributed by atoms with van der Waals surface area (Å²) in [6.07, 6.45) is 1.64. The molecule has 6 nitrogen and oxygen atoms in total. The molecule has 7 heteroatoms. The minimum absolute atomic E-state index is 0.0809. The van der Waals surface area contributed by atoms with Crippen LogP contribution in [-0.4, -0.2) is 21.5 Å². The van der Waals surface area contributed by atoms with E-state index in [1.165, 1.54) is 12.1 Å². The zero-order valence-corrected chi connectivity index (χ0v) is 13.4. The highest BCUT2D eigenvalue weighted by molar-refractivity contribution is 6.31. The van der Waals surface area contributed by atoms with Crippen molar-refractivity contribution in [2.45, 2.75) is 19.9 Å². The molecule has 0 bridgehead atoms. The molecule has 0 saturated carbocycles. The Bertz CT molecular complexity index is 776. The van der Waals surface area contributed by atoms with Gasteiger partial charge < -0.3 is 5.32 Å². The van der Waals surface area contributed by atoms with Crippen LogP contribution in [0.5, 0.6) is 0 Å². The standard InChI is InChI=1S/C16H15ClN4O2/c1-10(2)21-7-6-14(20-21)15(22)13(9-18)16(23)19-12-5-3-4-11(17)8-12/h3-8,10,13H,1-2H3,(H,19,23)/t13-/m1/s1. The molecule has 0 aliphatic heterocycles. The number of nitriles is 1. The van der Waals surface area contributed by atoms with Crippen LogP contribution in [0.15, 0.2) is 36.5 Å². The number of carbonyl (C=O) groups excluding carboxylic acids is 2. The second kappa shape index (κ2) is 7.07. The van der Waals surface area contributed by atoms with Gasteiger partial charge in [0.2, 0.25) is 11.7 Å². The van der Waals surface area contributed by atoms with Gasteiger partial charge in [-0.25, -0.2) is 0 Å². The third kappa shape index (κ3) is 3.96. The number of rotatable bonds is 5. The Hall–Kier alpha value is -2.65. The average Bonchev–Trinajstić information content (AvgIpc) is 2.97. The fraction of sp³-hybridized carbons (Fsp3) is 0.250. The quantitative estimate of drug-likeness (QED) is 0.674. The van der Waals surface area contributed by atoms with Crippen LogP contribution in [-0.2, 0) is 4.79 Å². The highest BCUT2D eigenvalue weighted by Gasteiger charge is 2.29. The zero-order valence-electron chi connectivity index (χ0n) is 12.7. The molecule has 2 rings (SSSR count). The largest absolute Gasteiger partial charge is 0.324 e. The lowest BCUT2D eigenvalue weighted by Gasteiger charge is -2.09. The maximum Gasteiger partial charge on any atom is 0.249 e. The number of carbonyl (C=O) groups is 2. The van der Waals surface area contributed by atoms with E-state index in [9.17, 15) is 14.9 Å². The van der Waals surface area contributed by atoms with Gasteiger partial charge in [-0.3, -0.25) is 14.3 Å². The molecule has 0 radical (unpaired) electrons. The van der Waals surface area contributed by atoms with Gasteiger partial charge in [0.15, 0.2) is 5.92 Å². The smallest absolute Gasteiger partial charge is 0.249 e. The van der Waals surface area contributed by atoms with Crippen molar-refractivity contribution in [2.75, 3.05) is 5.32 Å². The number of hydrogen-bond donors (Lipinski definition) is 1. The Morgan fingerprint density at radius 2 is 2.09 bits per heavy atom. The third-order valence-electron chi connectivity index (χ3n) is 3.14. The summed E-state index contributed by atoms with van der Waals surface area (Å²) in [5.74, 6) is -2.81. The van der Waals surface area contributed by atoms with E-state index in [2.05, 4.69) is 10.4 Å². The number of nitrogens with one attached hydrogen (secondary N) is 1. The molecular formula is C16H15ClN4O2. The molecule has 0 fully saturated rings. The molecule has 1 N–H and O–H groups in total. The first-order valence-electron chi connectivity index (χ1n) is 6.97. The minimum Gasteiger partial charge on any atom is -0.324 e. The van der Waals surface area contributed by atoms with Crippen LogP contribution >= 0.6 is 11.6 Å². The SMILES string of the molecule is CC(C)n1ccc(C(=O)[C@@H](C#N)C(=O)Nc2cccc(Cl)c2)n1. The number of hydrogen-bond acceptors (Lipinski definition) is 4. The van der Waals surface area contributed by atoms with Gasteiger partial charge in [-0.05, 0) is 38.1 Å². The normalized spacial score (nSPS) is 11.8. The summed E-state index contributed by atoms with van der Waals surface area (Å²) in [5.41, 5.74) is 0.509. The average molecular weight is 331 g/mol. The predicted molar refractivity (Wildman–Crippen MR) is 86.1 cm³/mol. The second-order valence-corrected chi connectivity index (χ2v) is 5.64. The molecule has 2 aromatic rings. The van der Waals surface area contributed by atoms with Crippen molar-refractivity contribution in [3.63, 3.8) is 0 Å². The fourth-order valence-corrected chi connectivity index (χ4v) is 2.11. The van der Waals surface area contributed by atoms with E-state index in [1.807, 2.05) is 13.8 Å². The summed E-state index contributed by atoms with van der Waals surface area (Å²) < 4.78 is 1.59. The van der Waals surface area contributed by atoms with Crippen molar-refractivity contribution in [2.24, 2.45) is 5.92 Å². The Kier molecular flexibility index (Phi) is 5.14. The number of aromatic nitrogens is 2. The first-order valence-corrected chi connectivity index (χ1v) is 7.35. The van der Waals surface area contributed by atoms with Crippen molar-refractivity contribution in [1.82, 2.24) is 9.78 Å². The summed E-state index contributed by atoms with van der Waals surface area (Å²) in [5, 5.41) is 16.2. The minimum atomic E-state index is -1.47. The summed E-state index contributed by atoms with van der Waals surface area (Å²) >= 11 is 5.84. The number of halogens is 1. The Morgan fingerprint density at radius 3 is 2.65 bits per heavy atom. The van der Waals surface area contributed by atoms with E-state index < -0.39 is 17.6 Å². The van der Waals surface area contributed by atoms with E-state index >= 15 is 0 Å². The number of amides is 1. The molecular weight excluding hydrogens is 316 g/mol. The summed E-state index contributed by atoms with van der Waals surface area (Å²) in [4.78, 5) is 24.5. The van der Waals surface area contributed by atoms with Crippen molar-refractivity contribution in [3.8, 4) is 6.07 Å². The molecule has 1 aromatic heterocycles. The van der Waals surface area contributed by atoms with Crippen LogP contribution < -0.4 is 5.32 Å². The summed E-state index contributed by atoms with van der Waals surface area (Å²) in [6.45, 7) is 3.82. The highest BCUT2D eigenvalue weighted by atomic mass is 35.5. The van der Waals surface area contributed by atoms with Gasteiger partial charge in [-0.1, -0.05) is 17.7 Å². The molecule has 0 spiro atoms. The van der Waals surface area contributed by atoms with Crippen LogP contribution in [0.3, 0.4) is 0 Å². The first kappa shape index (κ1) is 16.7. The van der Waals surface area contributed by atoms with E-state index in [4.69, 9.17) is 11.6 Å². The lowest BCUT2D eigenvalue weighted by atomic mass is 10.0. The van der Waals surface area contributed by atoms with E-state index in [0.29, 0.717) is 10.7 Å². The Morgan fingerprint density at radius 1 is 1.35 bits per heavy atom. The van der Waals surface area contributed by atoms with Gasteiger partial charge in [0.1, 0.15) is 5.69 Å². The number of anilines is 1. The maximum absolute atomic E-state index is 12.3. The van der Waals surface area contributed by atoms with Gasteiger partial charge in [0.05, 0.1) is 6.07 Å². The summed E-state index contributed by atoms with van der Waals surface area (Å²) in [7, 11) is 0. The van der Waals surface area contributed by atoms with Crippen molar-refractivity contribution < 1.29 is 9.59 Å². The maximum atomic E-state index is 12.3. The zero-order chi connectivity index (χ0) is 17.0. The molecule has 1 aromatic carbocycles. The van der Waals surface area contributed by atoms with Crippen molar-refractivity contribution in [1.29, 1.82) is 5.26 Å². The lowest BCUT2D eigenvalue weighted by molar-refractivity contribution is -0.117. The Balaban J connectivity index is 2.16. The number of ketones is 1. The molecule has 1 amide bonds. The van der Waals surface area contributed by atoms with Gasteiger partial charge in [-0.2, -0.15) is 10.4 Å². The molecule has 0 saturated heterocycles. The topological polar surface area (TPSA) is 87.8 Å². The number of benzene rings is 1. The van der Waals surface area contributed by atoms with Crippen LogP contribution in [0.2, 0.25) is 5.02 Å². The van der Waals surface area contributed by atoms with E-state index in [0.717, 1.165) is 0 Å². The monoisotopic (exact) mass is 330 g/mol. The lowest BCUT2D eigenvalue weighted by Crippen LogP contribution is -2.29. The summed E-state index contributed by atoms with van der Waals surface area (Å²) in [6, 6.07) is 9.78. The second-order valence-electron chi connectivity index (χ2n) is 5.20. The Labute approximate surface area is 138 Å².